The average molecular weight is 276 g/mol. The first-order valence-electron chi connectivity index (χ1n) is 3.83. The third kappa shape index (κ3) is 1.48. The number of benzene rings is 1. The van der Waals surface area contributed by atoms with E-state index in [0.717, 1.165) is 12.1 Å². The molecule has 0 bridgehead atoms. The molecular formula is C8H3BrFNO4. The molecule has 15 heavy (non-hydrogen) atoms. The number of hydrogen-bond acceptors (Lipinski definition) is 4. The molecule has 1 unspecified atom stereocenters. The Hall–Kier alpha value is -1.50. The Morgan fingerprint density at radius 2 is 2.20 bits per heavy atom. The van der Waals surface area contributed by atoms with Gasteiger partial charge in [-0.25, -0.2) is 4.39 Å². The van der Waals surface area contributed by atoms with Crippen molar-refractivity contribution in [2.24, 2.45) is 0 Å². The zero-order valence-corrected chi connectivity index (χ0v) is 8.65. The van der Waals surface area contributed by atoms with E-state index in [9.17, 15) is 19.3 Å². The van der Waals surface area contributed by atoms with E-state index in [1.165, 1.54) is 0 Å². The smallest absolute Gasteiger partial charge is 0.314 e. The van der Waals surface area contributed by atoms with E-state index < -0.39 is 27.2 Å². The highest BCUT2D eigenvalue weighted by atomic mass is 79.9. The van der Waals surface area contributed by atoms with Crippen LogP contribution in [0.3, 0.4) is 0 Å². The number of carbonyl (C=O) groups is 1. The minimum Gasteiger partial charge on any atom is -0.463 e. The highest BCUT2D eigenvalue weighted by Crippen LogP contribution is 2.39. The molecule has 1 aliphatic rings. The van der Waals surface area contributed by atoms with Gasteiger partial charge in [-0.1, -0.05) is 0 Å². The number of alkyl halides is 1. The van der Waals surface area contributed by atoms with E-state index >= 15 is 0 Å². The van der Waals surface area contributed by atoms with Gasteiger partial charge in [-0.15, -0.1) is 0 Å². The lowest BCUT2D eigenvalue weighted by Gasteiger charge is -2.00. The van der Waals surface area contributed by atoms with Crippen molar-refractivity contribution in [3.63, 3.8) is 0 Å². The SMILES string of the molecule is O=C1c2cc(F)cc([N+](=O)[O-])c2OC1Br. The molecule has 1 atom stereocenters. The fourth-order valence-corrected chi connectivity index (χ4v) is 1.73. The number of nitro groups is 1. The summed E-state index contributed by atoms with van der Waals surface area (Å²) in [4.78, 5) is 21.1. The van der Waals surface area contributed by atoms with Crippen LogP contribution in [0.2, 0.25) is 0 Å². The number of rotatable bonds is 1. The molecule has 0 N–H and O–H groups in total. The van der Waals surface area contributed by atoms with Gasteiger partial charge in [0.05, 0.1) is 16.6 Å². The van der Waals surface area contributed by atoms with Crippen molar-refractivity contribution >= 4 is 27.4 Å². The molecule has 1 aromatic rings. The monoisotopic (exact) mass is 275 g/mol. The third-order valence-electron chi connectivity index (χ3n) is 1.92. The Balaban J connectivity index is 2.67. The van der Waals surface area contributed by atoms with Gasteiger partial charge in [0.25, 0.3) is 0 Å². The lowest BCUT2D eigenvalue weighted by molar-refractivity contribution is -0.385. The summed E-state index contributed by atoms with van der Waals surface area (Å²) < 4.78 is 17.9. The highest BCUT2D eigenvalue weighted by Gasteiger charge is 2.36. The summed E-state index contributed by atoms with van der Waals surface area (Å²) in [6.07, 6.45) is 0. The second-order valence-electron chi connectivity index (χ2n) is 2.86. The summed E-state index contributed by atoms with van der Waals surface area (Å²) in [5, 5.41) is 9.58. The third-order valence-corrected chi connectivity index (χ3v) is 2.53. The van der Waals surface area contributed by atoms with Crippen LogP contribution in [-0.2, 0) is 0 Å². The van der Waals surface area contributed by atoms with Gasteiger partial charge in [-0.3, -0.25) is 14.9 Å². The first-order valence-corrected chi connectivity index (χ1v) is 4.75. The van der Waals surface area contributed by atoms with E-state index in [1.54, 1.807) is 0 Å². The van der Waals surface area contributed by atoms with Crippen molar-refractivity contribution in [2.45, 2.75) is 5.01 Å². The number of Topliss-reactive ketones (excluding diaryl/α,β-unsaturated/α-hetero) is 1. The molecule has 78 valence electrons. The number of nitro benzene ring substituents is 1. The van der Waals surface area contributed by atoms with Crippen LogP contribution < -0.4 is 4.74 Å². The maximum atomic E-state index is 13.0. The minimum atomic E-state index is -0.979. The largest absolute Gasteiger partial charge is 0.463 e. The van der Waals surface area contributed by atoms with Gasteiger partial charge in [0.1, 0.15) is 5.82 Å². The molecule has 0 amide bonds. The quantitative estimate of drug-likeness (QED) is 0.447. The molecule has 0 spiro atoms. The Morgan fingerprint density at radius 1 is 1.53 bits per heavy atom. The number of fused-ring (bicyclic) bond motifs is 1. The first-order chi connectivity index (χ1) is 7.00. The molecule has 0 radical (unpaired) electrons. The molecule has 0 saturated carbocycles. The molecule has 5 nitrogen and oxygen atoms in total. The fourth-order valence-electron chi connectivity index (χ4n) is 1.30. The van der Waals surface area contributed by atoms with Gasteiger partial charge in [0, 0.05) is 0 Å². The lowest BCUT2D eigenvalue weighted by Crippen LogP contribution is -2.10. The summed E-state index contributed by atoms with van der Waals surface area (Å²) in [6, 6.07) is 1.64. The highest BCUT2D eigenvalue weighted by molar-refractivity contribution is 9.09. The van der Waals surface area contributed by atoms with Crippen LogP contribution in [-0.4, -0.2) is 15.7 Å². The Kier molecular flexibility index (Phi) is 2.18. The Labute approximate surface area is 91.1 Å². The summed E-state index contributed by atoms with van der Waals surface area (Å²) in [6.45, 7) is 0. The predicted molar refractivity (Wildman–Crippen MR) is 50.7 cm³/mol. The zero-order chi connectivity index (χ0) is 11.2. The van der Waals surface area contributed by atoms with Crippen LogP contribution >= 0.6 is 15.9 Å². The summed E-state index contributed by atoms with van der Waals surface area (Å²) in [7, 11) is 0. The van der Waals surface area contributed by atoms with Crippen molar-refractivity contribution in [3.8, 4) is 5.75 Å². The number of ketones is 1. The van der Waals surface area contributed by atoms with Gasteiger partial charge in [-0.05, 0) is 22.0 Å². The van der Waals surface area contributed by atoms with E-state index in [2.05, 4.69) is 15.9 Å². The van der Waals surface area contributed by atoms with E-state index in [4.69, 9.17) is 4.74 Å². The average Bonchev–Trinajstić information content (AvgIpc) is 2.43. The van der Waals surface area contributed by atoms with Crippen LogP contribution in [0.15, 0.2) is 12.1 Å². The molecule has 1 aliphatic heterocycles. The van der Waals surface area contributed by atoms with Crippen LogP contribution in [0.5, 0.6) is 5.75 Å². The van der Waals surface area contributed by atoms with Crippen LogP contribution in [0.4, 0.5) is 10.1 Å². The number of halogens is 2. The minimum absolute atomic E-state index is 0.108. The molecular weight excluding hydrogens is 273 g/mol. The summed E-state index contributed by atoms with van der Waals surface area (Å²) in [5.41, 5.74) is -0.649. The zero-order valence-electron chi connectivity index (χ0n) is 7.07. The Morgan fingerprint density at radius 3 is 2.80 bits per heavy atom. The molecule has 2 rings (SSSR count). The summed E-state index contributed by atoms with van der Waals surface area (Å²) >= 11 is 2.88. The van der Waals surface area contributed by atoms with Gasteiger partial charge in [0.2, 0.25) is 16.5 Å². The standard InChI is InChI=1S/C8H3BrFNO4/c9-8-6(12)4-1-3(10)2-5(11(13)14)7(4)15-8/h1-2,8H. The van der Waals surface area contributed by atoms with Crippen LogP contribution in [0.1, 0.15) is 10.4 Å². The van der Waals surface area contributed by atoms with Crippen molar-refractivity contribution in [3.05, 3.63) is 33.6 Å². The Bertz CT molecular complexity index is 476. The van der Waals surface area contributed by atoms with Crippen molar-refractivity contribution < 1.29 is 18.8 Å². The lowest BCUT2D eigenvalue weighted by atomic mass is 10.1. The van der Waals surface area contributed by atoms with Crippen molar-refractivity contribution in [1.29, 1.82) is 0 Å². The van der Waals surface area contributed by atoms with Gasteiger partial charge in [-0.2, -0.15) is 0 Å². The van der Waals surface area contributed by atoms with Gasteiger partial charge < -0.3 is 4.74 Å². The summed E-state index contributed by atoms with van der Waals surface area (Å²) in [5.74, 6) is -1.54. The molecule has 0 aliphatic carbocycles. The number of hydrogen-bond donors (Lipinski definition) is 0. The van der Waals surface area contributed by atoms with Crippen LogP contribution in [0.25, 0.3) is 0 Å². The maximum Gasteiger partial charge on any atom is 0.314 e. The molecule has 0 aromatic heterocycles. The second kappa shape index (κ2) is 3.27. The first kappa shape index (κ1) is 10.0. The molecule has 7 heteroatoms. The predicted octanol–water partition coefficient (Wildman–Crippen LogP) is 2.03. The number of nitrogens with zero attached hydrogens (tertiary/aromatic N) is 1. The molecule has 1 aromatic carbocycles. The van der Waals surface area contributed by atoms with Gasteiger partial charge >= 0.3 is 5.69 Å². The fraction of sp³-hybridized carbons (Fsp3) is 0.125. The number of ether oxygens (including phenoxy) is 1. The number of carbonyl (C=O) groups excluding carboxylic acids is 1. The molecule has 0 fully saturated rings. The van der Waals surface area contributed by atoms with E-state index in [1.807, 2.05) is 0 Å². The van der Waals surface area contributed by atoms with E-state index in [-0.39, 0.29) is 11.3 Å². The van der Waals surface area contributed by atoms with Crippen LogP contribution in [0, 0.1) is 15.9 Å². The van der Waals surface area contributed by atoms with Gasteiger partial charge in [0.15, 0.2) is 0 Å². The normalized spacial score (nSPS) is 18.5. The second-order valence-corrected chi connectivity index (χ2v) is 3.69. The molecule has 0 saturated heterocycles. The van der Waals surface area contributed by atoms with Crippen molar-refractivity contribution in [1.82, 2.24) is 0 Å². The van der Waals surface area contributed by atoms with E-state index in [0.29, 0.717) is 0 Å². The maximum absolute atomic E-state index is 13.0. The van der Waals surface area contributed by atoms with Crippen molar-refractivity contribution in [2.75, 3.05) is 0 Å². The topological polar surface area (TPSA) is 69.4 Å². The molecule has 1 heterocycles.